The molecule has 1 aromatic carbocycles. The summed E-state index contributed by atoms with van der Waals surface area (Å²) in [5.41, 5.74) is 1.17. The zero-order chi connectivity index (χ0) is 21.3. The van der Waals surface area contributed by atoms with E-state index in [1.165, 1.54) is 5.56 Å². The Kier molecular flexibility index (Phi) is 10.4. The minimum atomic E-state index is -0.0610. The van der Waals surface area contributed by atoms with Crippen molar-refractivity contribution in [2.75, 3.05) is 33.3 Å². The third kappa shape index (κ3) is 8.54. The number of hydrogen-bond acceptors (Lipinski definition) is 4. The van der Waals surface area contributed by atoms with Crippen LogP contribution < -0.4 is 20.7 Å². The highest BCUT2D eigenvalue weighted by molar-refractivity contribution is 14.0. The van der Waals surface area contributed by atoms with Crippen LogP contribution in [0.3, 0.4) is 0 Å². The van der Waals surface area contributed by atoms with Gasteiger partial charge < -0.3 is 25.6 Å². The van der Waals surface area contributed by atoms with Crippen molar-refractivity contribution in [2.24, 2.45) is 4.99 Å². The zero-order valence-electron chi connectivity index (χ0n) is 18.4. The summed E-state index contributed by atoms with van der Waals surface area (Å²) in [6, 6.07) is 8.40. The SMILES string of the molecule is CCC(=O)N1CCC(NC(=NC)NCCc2ccc(OCC(=O)NC3CC3)cc2)C1.I. The number of guanidine groups is 1. The third-order valence-electron chi connectivity index (χ3n) is 5.35. The molecule has 0 bridgehead atoms. The van der Waals surface area contributed by atoms with E-state index in [2.05, 4.69) is 20.9 Å². The Morgan fingerprint density at radius 1 is 1.13 bits per heavy atom. The molecule has 0 aromatic heterocycles. The van der Waals surface area contributed by atoms with Crippen molar-refractivity contribution < 1.29 is 14.3 Å². The molecule has 2 amide bonds. The first kappa shape index (κ1) is 25.2. The molecule has 1 saturated heterocycles. The summed E-state index contributed by atoms with van der Waals surface area (Å²) in [5.74, 6) is 1.60. The number of nitrogens with zero attached hydrogens (tertiary/aromatic N) is 2. The van der Waals surface area contributed by atoms with Gasteiger partial charge in [0.25, 0.3) is 5.91 Å². The predicted molar refractivity (Wildman–Crippen MR) is 132 cm³/mol. The summed E-state index contributed by atoms with van der Waals surface area (Å²) in [5, 5.41) is 9.64. The lowest BCUT2D eigenvalue weighted by atomic mass is 10.1. The van der Waals surface area contributed by atoms with E-state index >= 15 is 0 Å². The maximum absolute atomic E-state index is 11.8. The molecule has 8 nitrogen and oxygen atoms in total. The van der Waals surface area contributed by atoms with E-state index in [1.54, 1.807) is 7.05 Å². The molecular formula is C22H34IN5O3. The number of carbonyl (C=O) groups excluding carboxylic acids is 2. The van der Waals surface area contributed by atoms with Gasteiger partial charge in [0, 0.05) is 45.2 Å². The normalized spacial score (nSPS) is 18.2. The quantitative estimate of drug-likeness (QED) is 0.251. The number of benzene rings is 1. The highest BCUT2D eigenvalue weighted by Gasteiger charge is 2.25. The summed E-state index contributed by atoms with van der Waals surface area (Å²) in [7, 11) is 1.75. The van der Waals surface area contributed by atoms with E-state index in [4.69, 9.17) is 4.74 Å². The number of hydrogen-bond donors (Lipinski definition) is 3. The van der Waals surface area contributed by atoms with Crippen molar-refractivity contribution in [1.82, 2.24) is 20.9 Å². The number of rotatable bonds is 9. The summed E-state index contributed by atoms with van der Waals surface area (Å²) in [4.78, 5) is 29.7. The number of amides is 2. The van der Waals surface area contributed by atoms with Gasteiger partial charge in [0.05, 0.1) is 0 Å². The number of nitrogens with one attached hydrogen (secondary N) is 3. The summed E-state index contributed by atoms with van der Waals surface area (Å²) < 4.78 is 5.53. The molecule has 1 aliphatic heterocycles. The minimum absolute atomic E-state index is 0. The average molecular weight is 543 g/mol. The number of ether oxygens (including phenoxy) is 1. The molecular weight excluding hydrogens is 509 g/mol. The Morgan fingerprint density at radius 2 is 1.87 bits per heavy atom. The molecule has 1 unspecified atom stereocenters. The van der Waals surface area contributed by atoms with Crippen molar-refractivity contribution in [3.8, 4) is 5.75 Å². The van der Waals surface area contributed by atoms with Gasteiger partial charge in [0.1, 0.15) is 5.75 Å². The van der Waals surface area contributed by atoms with Gasteiger partial charge in [-0.1, -0.05) is 19.1 Å². The van der Waals surface area contributed by atoms with Crippen molar-refractivity contribution in [3.63, 3.8) is 0 Å². The van der Waals surface area contributed by atoms with E-state index in [9.17, 15) is 9.59 Å². The maximum Gasteiger partial charge on any atom is 0.258 e. The number of halogens is 1. The lowest BCUT2D eigenvalue weighted by Gasteiger charge is -2.18. The fraction of sp³-hybridized carbons (Fsp3) is 0.591. The van der Waals surface area contributed by atoms with Crippen LogP contribution in [0, 0.1) is 0 Å². The van der Waals surface area contributed by atoms with E-state index < -0.39 is 0 Å². The van der Waals surface area contributed by atoms with Crippen LogP contribution in [0.1, 0.15) is 38.2 Å². The van der Waals surface area contributed by atoms with Crippen LogP contribution in [0.4, 0.5) is 0 Å². The molecule has 0 spiro atoms. The second kappa shape index (κ2) is 12.7. The summed E-state index contributed by atoms with van der Waals surface area (Å²) >= 11 is 0. The Hall–Kier alpha value is -2.04. The highest BCUT2D eigenvalue weighted by Crippen LogP contribution is 2.18. The molecule has 2 aliphatic rings. The van der Waals surface area contributed by atoms with Crippen molar-refractivity contribution in [3.05, 3.63) is 29.8 Å². The highest BCUT2D eigenvalue weighted by atomic mass is 127. The molecule has 2 fully saturated rings. The Balaban J connectivity index is 0.00000341. The largest absolute Gasteiger partial charge is 0.484 e. The van der Waals surface area contributed by atoms with Gasteiger partial charge in [-0.05, 0) is 43.4 Å². The van der Waals surface area contributed by atoms with Gasteiger partial charge in [-0.2, -0.15) is 0 Å². The first-order valence-corrected chi connectivity index (χ1v) is 10.8. The molecule has 0 radical (unpaired) electrons. The average Bonchev–Trinajstić information content (AvgIpc) is 3.45. The fourth-order valence-corrected chi connectivity index (χ4v) is 3.44. The van der Waals surface area contributed by atoms with E-state index in [0.29, 0.717) is 18.2 Å². The number of carbonyl (C=O) groups is 2. The van der Waals surface area contributed by atoms with E-state index in [1.807, 2.05) is 36.1 Å². The second-order valence-corrected chi connectivity index (χ2v) is 7.85. The van der Waals surface area contributed by atoms with Gasteiger partial charge in [0.2, 0.25) is 5.91 Å². The summed E-state index contributed by atoms with van der Waals surface area (Å²) in [6.07, 6.45) is 4.48. The molecule has 1 atom stereocenters. The zero-order valence-corrected chi connectivity index (χ0v) is 20.7. The minimum Gasteiger partial charge on any atom is -0.484 e. The number of aliphatic imine (C=N–C) groups is 1. The van der Waals surface area contributed by atoms with E-state index in [-0.39, 0.29) is 48.4 Å². The van der Waals surface area contributed by atoms with Gasteiger partial charge in [-0.25, -0.2) is 0 Å². The topological polar surface area (TPSA) is 95.1 Å². The van der Waals surface area contributed by atoms with Crippen molar-refractivity contribution in [2.45, 2.75) is 51.1 Å². The van der Waals surface area contributed by atoms with Crippen LogP contribution in [0.15, 0.2) is 29.3 Å². The van der Waals surface area contributed by atoms with Gasteiger partial charge in [-0.3, -0.25) is 14.6 Å². The standard InChI is InChI=1S/C22H33N5O3.HI/c1-3-21(29)27-13-11-18(14-27)26-22(23-2)24-12-10-16-4-8-19(9-5-16)30-15-20(28)25-17-6-7-17;/h4-5,8-9,17-18H,3,6-7,10-15H2,1-2H3,(H,25,28)(H2,23,24,26);1H. The first-order chi connectivity index (χ1) is 14.6. The van der Waals surface area contributed by atoms with Crippen LogP contribution in [0.2, 0.25) is 0 Å². The smallest absolute Gasteiger partial charge is 0.258 e. The Morgan fingerprint density at radius 3 is 2.52 bits per heavy atom. The first-order valence-electron chi connectivity index (χ1n) is 10.8. The van der Waals surface area contributed by atoms with Crippen LogP contribution in [-0.4, -0.2) is 68.0 Å². The molecule has 3 N–H and O–H groups in total. The van der Waals surface area contributed by atoms with Crippen LogP contribution in [0.5, 0.6) is 5.75 Å². The van der Waals surface area contributed by atoms with Crippen molar-refractivity contribution in [1.29, 1.82) is 0 Å². The van der Waals surface area contributed by atoms with Gasteiger partial charge in [-0.15, -0.1) is 24.0 Å². The molecule has 1 aromatic rings. The maximum atomic E-state index is 11.8. The molecule has 31 heavy (non-hydrogen) atoms. The van der Waals surface area contributed by atoms with Gasteiger partial charge >= 0.3 is 0 Å². The molecule has 3 rings (SSSR count). The molecule has 1 saturated carbocycles. The Labute approximate surface area is 201 Å². The second-order valence-electron chi connectivity index (χ2n) is 7.85. The molecule has 1 aliphatic carbocycles. The van der Waals surface area contributed by atoms with Crippen LogP contribution >= 0.6 is 24.0 Å². The molecule has 1 heterocycles. The van der Waals surface area contributed by atoms with Gasteiger partial charge in [0.15, 0.2) is 12.6 Å². The van der Waals surface area contributed by atoms with Crippen molar-refractivity contribution >= 4 is 41.8 Å². The monoisotopic (exact) mass is 543 g/mol. The molecule has 9 heteroatoms. The van der Waals surface area contributed by atoms with Crippen LogP contribution in [0.25, 0.3) is 0 Å². The lowest BCUT2D eigenvalue weighted by Crippen LogP contribution is -2.45. The lowest BCUT2D eigenvalue weighted by molar-refractivity contribution is -0.129. The molecule has 172 valence electrons. The fourth-order valence-electron chi connectivity index (χ4n) is 3.44. The number of likely N-dealkylation sites (tertiary alicyclic amines) is 1. The van der Waals surface area contributed by atoms with E-state index in [0.717, 1.165) is 51.3 Å². The predicted octanol–water partition coefficient (Wildman–Crippen LogP) is 1.68. The third-order valence-corrected chi connectivity index (χ3v) is 5.35. The Bertz CT molecular complexity index is 752. The van der Waals surface area contributed by atoms with Crippen LogP contribution in [-0.2, 0) is 16.0 Å². The summed E-state index contributed by atoms with van der Waals surface area (Å²) in [6.45, 7) is 4.23.